The molecule has 1 aliphatic heterocycles. The van der Waals surface area contributed by atoms with E-state index in [1.165, 1.54) is 11.1 Å². The fourth-order valence-corrected chi connectivity index (χ4v) is 1.57. The van der Waals surface area contributed by atoms with Crippen LogP contribution < -0.4 is 0 Å². The number of carbonyl (C=O) groups excluding carboxylic acids is 1. The molecule has 0 aliphatic carbocycles. The summed E-state index contributed by atoms with van der Waals surface area (Å²) in [6, 6.07) is 3.40. The Morgan fingerprint density at radius 3 is 3.07 bits per heavy atom. The zero-order chi connectivity index (χ0) is 9.97. The van der Waals surface area contributed by atoms with Gasteiger partial charge in [0.05, 0.1) is 12.1 Å². The van der Waals surface area contributed by atoms with Crippen LogP contribution in [0.15, 0.2) is 24.5 Å². The van der Waals surface area contributed by atoms with Gasteiger partial charge in [-0.05, 0) is 18.6 Å². The van der Waals surface area contributed by atoms with E-state index in [9.17, 15) is 9.18 Å². The third-order valence-corrected chi connectivity index (χ3v) is 2.33. The second kappa shape index (κ2) is 3.74. The standard InChI is InChI=1S/C10H11FN2O/c11-9-3-5-13(7-9)10(14)8-2-1-4-12-6-8/h1-2,4,6,9H,3,5,7H2/t9-/m1/s1. The third kappa shape index (κ3) is 1.73. The van der Waals surface area contributed by atoms with E-state index < -0.39 is 6.17 Å². The van der Waals surface area contributed by atoms with Gasteiger partial charge in [0.25, 0.3) is 5.91 Å². The predicted octanol–water partition coefficient (Wildman–Crippen LogP) is 1.27. The molecular weight excluding hydrogens is 183 g/mol. The molecule has 2 heterocycles. The molecule has 0 unspecified atom stereocenters. The lowest BCUT2D eigenvalue weighted by Gasteiger charge is -2.14. The van der Waals surface area contributed by atoms with Crippen molar-refractivity contribution in [3.63, 3.8) is 0 Å². The van der Waals surface area contributed by atoms with E-state index in [1.807, 2.05) is 0 Å². The van der Waals surface area contributed by atoms with Crippen LogP contribution >= 0.6 is 0 Å². The molecule has 1 amide bonds. The fraction of sp³-hybridized carbons (Fsp3) is 0.400. The van der Waals surface area contributed by atoms with Crippen LogP contribution in [-0.2, 0) is 0 Å². The molecule has 0 bridgehead atoms. The smallest absolute Gasteiger partial charge is 0.255 e. The third-order valence-electron chi connectivity index (χ3n) is 2.33. The molecule has 0 radical (unpaired) electrons. The van der Waals surface area contributed by atoms with Crippen LogP contribution in [0.25, 0.3) is 0 Å². The Labute approximate surface area is 81.6 Å². The molecule has 14 heavy (non-hydrogen) atoms. The first-order valence-corrected chi connectivity index (χ1v) is 4.61. The van der Waals surface area contributed by atoms with E-state index in [1.54, 1.807) is 18.3 Å². The summed E-state index contributed by atoms with van der Waals surface area (Å²) in [5.41, 5.74) is 0.529. The molecule has 3 nitrogen and oxygen atoms in total. The van der Waals surface area contributed by atoms with Crippen molar-refractivity contribution >= 4 is 5.91 Å². The summed E-state index contributed by atoms with van der Waals surface area (Å²) in [7, 11) is 0. The summed E-state index contributed by atoms with van der Waals surface area (Å²) in [4.78, 5) is 17.1. The Morgan fingerprint density at radius 2 is 2.50 bits per heavy atom. The van der Waals surface area contributed by atoms with Crippen molar-refractivity contribution in [2.45, 2.75) is 12.6 Å². The van der Waals surface area contributed by atoms with Crippen LogP contribution in [0, 0.1) is 0 Å². The number of hydrogen-bond acceptors (Lipinski definition) is 2. The topological polar surface area (TPSA) is 33.2 Å². The number of halogens is 1. The molecule has 1 aliphatic rings. The number of aromatic nitrogens is 1. The van der Waals surface area contributed by atoms with Gasteiger partial charge in [0.15, 0.2) is 0 Å². The van der Waals surface area contributed by atoms with Gasteiger partial charge in [-0.25, -0.2) is 4.39 Å². The molecule has 1 atom stereocenters. The number of pyridine rings is 1. The van der Waals surface area contributed by atoms with Gasteiger partial charge in [0.2, 0.25) is 0 Å². The average Bonchev–Trinajstić information content (AvgIpc) is 2.65. The number of rotatable bonds is 1. The SMILES string of the molecule is O=C(c1cccnc1)N1CC[C@@H](F)C1. The molecule has 1 aromatic heterocycles. The monoisotopic (exact) mass is 194 g/mol. The molecule has 1 fully saturated rings. The Morgan fingerprint density at radius 1 is 1.64 bits per heavy atom. The summed E-state index contributed by atoms with van der Waals surface area (Å²) in [6.45, 7) is 0.725. The Balaban J connectivity index is 2.10. The van der Waals surface area contributed by atoms with Crippen LogP contribution in [-0.4, -0.2) is 35.1 Å². The summed E-state index contributed by atoms with van der Waals surface area (Å²) < 4.78 is 12.8. The number of nitrogens with zero attached hydrogens (tertiary/aromatic N) is 2. The van der Waals surface area contributed by atoms with Gasteiger partial charge in [-0.15, -0.1) is 0 Å². The van der Waals surface area contributed by atoms with Gasteiger partial charge >= 0.3 is 0 Å². The largest absolute Gasteiger partial charge is 0.336 e. The van der Waals surface area contributed by atoms with Crippen molar-refractivity contribution in [2.24, 2.45) is 0 Å². The normalized spacial score (nSPS) is 21.2. The van der Waals surface area contributed by atoms with Crippen LogP contribution in [0.1, 0.15) is 16.8 Å². The molecule has 1 saturated heterocycles. The molecule has 0 aromatic carbocycles. The van der Waals surface area contributed by atoms with E-state index in [-0.39, 0.29) is 12.5 Å². The number of amides is 1. The second-order valence-electron chi connectivity index (χ2n) is 3.38. The summed E-state index contributed by atoms with van der Waals surface area (Å²) >= 11 is 0. The minimum Gasteiger partial charge on any atom is -0.336 e. The van der Waals surface area contributed by atoms with Crippen molar-refractivity contribution in [3.05, 3.63) is 30.1 Å². The Hall–Kier alpha value is -1.45. The molecule has 4 heteroatoms. The molecule has 74 valence electrons. The van der Waals surface area contributed by atoms with Gasteiger partial charge in [-0.2, -0.15) is 0 Å². The molecule has 2 rings (SSSR count). The maximum absolute atomic E-state index is 12.8. The van der Waals surface area contributed by atoms with Crippen molar-refractivity contribution in [2.75, 3.05) is 13.1 Å². The molecule has 0 spiro atoms. The summed E-state index contributed by atoms with van der Waals surface area (Å²) in [5, 5.41) is 0. The van der Waals surface area contributed by atoms with E-state index in [2.05, 4.69) is 4.98 Å². The number of hydrogen-bond donors (Lipinski definition) is 0. The first kappa shape index (κ1) is 9.12. The zero-order valence-corrected chi connectivity index (χ0v) is 7.69. The number of carbonyl (C=O) groups is 1. The van der Waals surface area contributed by atoms with E-state index in [0.29, 0.717) is 18.5 Å². The quantitative estimate of drug-likeness (QED) is 0.674. The number of likely N-dealkylation sites (tertiary alicyclic amines) is 1. The van der Waals surface area contributed by atoms with Gasteiger partial charge in [0.1, 0.15) is 6.17 Å². The van der Waals surface area contributed by atoms with Crippen LogP contribution in [0.3, 0.4) is 0 Å². The lowest BCUT2D eigenvalue weighted by atomic mass is 10.2. The maximum atomic E-state index is 12.8. The molecule has 0 saturated carbocycles. The van der Waals surface area contributed by atoms with Gasteiger partial charge in [-0.3, -0.25) is 9.78 Å². The lowest BCUT2D eigenvalue weighted by molar-refractivity contribution is 0.0782. The average molecular weight is 194 g/mol. The Bertz CT molecular complexity index is 328. The highest BCUT2D eigenvalue weighted by Crippen LogP contribution is 2.14. The van der Waals surface area contributed by atoms with E-state index >= 15 is 0 Å². The van der Waals surface area contributed by atoms with E-state index in [4.69, 9.17) is 0 Å². The fourth-order valence-electron chi connectivity index (χ4n) is 1.57. The van der Waals surface area contributed by atoms with Crippen LogP contribution in [0.5, 0.6) is 0 Å². The summed E-state index contributed by atoms with van der Waals surface area (Å²) in [5.74, 6) is -0.127. The van der Waals surface area contributed by atoms with Crippen molar-refractivity contribution in [3.8, 4) is 0 Å². The Kier molecular flexibility index (Phi) is 2.43. The van der Waals surface area contributed by atoms with E-state index in [0.717, 1.165) is 0 Å². The molecule has 0 N–H and O–H groups in total. The zero-order valence-electron chi connectivity index (χ0n) is 7.69. The maximum Gasteiger partial charge on any atom is 0.255 e. The number of alkyl halides is 1. The van der Waals surface area contributed by atoms with Crippen LogP contribution in [0.2, 0.25) is 0 Å². The lowest BCUT2D eigenvalue weighted by Crippen LogP contribution is -2.28. The van der Waals surface area contributed by atoms with Gasteiger partial charge in [-0.1, -0.05) is 0 Å². The molecule has 1 aromatic rings. The van der Waals surface area contributed by atoms with Gasteiger partial charge < -0.3 is 4.90 Å². The first-order chi connectivity index (χ1) is 6.77. The predicted molar refractivity (Wildman–Crippen MR) is 49.7 cm³/mol. The minimum atomic E-state index is -0.865. The highest BCUT2D eigenvalue weighted by atomic mass is 19.1. The van der Waals surface area contributed by atoms with Gasteiger partial charge in [0, 0.05) is 18.9 Å². The summed E-state index contributed by atoms with van der Waals surface area (Å²) in [6.07, 6.45) is 2.70. The van der Waals surface area contributed by atoms with Crippen LogP contribution in [0.4, 0.5) is 4.39 Å². The van der Waals surface area contributed by atoms with Crippen molar-refractivity contribution in [1.82, 2.24) is 9.88 Å². The second-order valence-corrected chi connectivity index (χ2v) is 3.38. The van der Waals surface area contributed by atoms with Crippen molar-refractivity contribution in [1.29, 1.82) is 0 Å². The highest BCUT2D eigenvalue weighted by molar-refractivity contribution is 5.94. The minimum absolute atomic E-state index is 0.127. The van der Waals surface area contributed by atoms with Crippen molar-refractivity contribution < 1.29 is 9.18 Å². The molecular formula is C10H11FN2O. The first-order valence-electron chi connectivity index (χ1n) is 4.61. The highest BCUT2D eigenvalue weighted by Gasteiger charge is 2.26.